The van der Waals surface area contributed by atoms with Gasteiger partial charge >= 0.3 is 59.7 Å². The van der Waals surface area contributed by atoms with Crippen LogP contribution in [0.25, 0.3) is 0 Å². The quantitative estimate of drug-likeness (QED) is 0.145. The molecule has 0 spiro atoms. The molecule has 0 bridgehead atoms. The predicted octanol–water partition coefficient (Wildman–Crippen LogP) is 6.84. The molecule has 0 unspecified atom stereocenters. The largest absolute Gasteiger partial charge is 0.464 e. The van der Waals surface area contributed by atoms with Crippen LogP contribution in [0.3, 0.4) is 0 Å². The molecule has 0 aliphatic rings. The zero-order chi connectivity index (χ0) is 32.6. The van der Waals surface area contributed by atoms with Gasteiger partial charge in [0.05, 0.1) is 6.61 Å². The summed E-state index contributed by atoms with van der Waals surface area (Å²) in [5, 5.41) is 1.76. The topological polar surface area (TPSA) is 64.6 Å². The number of hydrogen-bond acceptors (Lipinski definition) is 4. The molecule has 1 N–H and O–H groups in total. The van der Waals surface area contributed by atoms with E-state index in [1.165, 1.54) is 20.8 Å². The highest BCUT2D eigenvalue weighted by atomic mass is 19.4. The summed E-state index contributed by atoms with van der Waals surface area (Å²) < 4.78 is 233. The number of hydrogen-bond donors (Lipinski definition) is 1. The molecular formula is C18H18F17NO4. The Morgan fingerprint density at radius 3 is 1.35 bits per heavy atom. The van der Waals surface area contributed by atoms with Crippen LogP contribution in [0.5, 0.6) is 0 Å². The number of ether oxygens (including phenoxy) is 2. The smallest absolute Gasteiger partial charge is 0.460 e. The van der Waals surface area contributed by atoms with Crippen LogP contribution in [-0.2, 0) is 14.3 Å². The average molecular weight is 635 g/mol. The Morgan fingerprint density at radius 1 is 0.600 bits per heavy atom. The zero-order valence-electron chi connectivity index (χ0n) is 19.9. The van der Waals surface area contributed by atoms with Gasteiger partial charge in [-0.3, -0.25) is 4.79 Å². The van der Waals surface area contributed by atoms with Crippen molar-refractivity contribution in [1.29, 1.82) is 0 Å². The van der Waals surface area contributed by atoms with Gasteiger partial charge in [-0.05, 0) is 27.2 Å². The minimum absolute atomic E-state index is 1.04. The van der Waals surface area contributed by atoms with Gasteiger partial charge in [-0.25, -0.2) is 4.79 Å². The Morgan fingerprint density at radius 2 is 0.975 bits per heavy atom. The molecule has 0 saturated carbocycles. The maximum atomic E-state index is 13.7. The number of halogens is 17. The number of alkyl halides is 17. The van der Waals surface area contributed by atoms with Crippen LogP contribution < -0.4 is 5.32 Å². The first-order valence-electron chi connectivity index (χ1n) is 10.1. The molecule has 0 aromatic carbocycles. The first-order valence-corrected chi connectivity index (χ1v) is 10.1. The van der Waals surface area contributed by atoms with Crippen molar-refractivity contribution < 1.29 is 93.7 Å². The lowest BCUT2D eigenvalue weighted by Crippen LogP contribution is -2.74. The van der Waals surface area contributed by atoms with Gasteiger partial charge in [-0.1, -0.05) is 0 Å². The van der Waals surface area contributed by atoms with Crippen molar-refractivity contribution in [2.75, 3.05) is 13.2 Å². The molecule has 0 atom stereocenters. The van der Waals surface area contributed by atoms with Crippen molar-refractivity contribution in [3.8, 4) is 0 Å². The van der Waals surface area contributed by atoms with Gasteiger partial charge in [0.2, 0.25) is 0 Å². The molecule has 0 heterocycles. The molecule has 5 nitrogen and oxygen atoms in total. The summed E-state index contributed by atoms with van der Waals surface area (Å²) in [6, 6.07) is 0. The number of carbonyl (C=O) groups excluding carboxylic acids is 2. The summed E-state index contributed by atoms with van der Waals surface area (Å²) in [5.41, 5.74) is -1.05. The summed E-state index contributed by atoms with van der Waals surface area (Å²) in [5.74, 6) is -58.4. The maximum Gasteiger partial charge on any atom is 0.460 e. The van der Waals surface area contributed by atoms with Gasteiger partial charge in [0.1, 0.15) is 12.1 Å². The fraction of sp³-hybridized carbons (Fsp3) is 0.889. The molecule has 0 fully saturated rings. The highest BCUT2D eigenvalue weighted by Crippen LogP contribution is 2.64. The van der Waals surface area contributed by atoms with E-state index < -0.39 is 91.3 Å². The molecule has 0 saturated heterocycles. The van der Waals surface area contributed by atoms with E-state index in [0.717, 1.165) is 0 Å². The third kappa shape index (κ3) is 6.88. The van der Waals surface area contributed by atoms with Crippen LogP contribution in [-0.4, -0.2) is 78.4 Å². The van der Waals surface area contributed by atoms with Crippen molar-refractivity contribution >= 4 is 12.1 Å². The van der Waals surface area contributed by atoms with Crippen LogP contribution in [0.2, 0.25) is 0 Å². The number of amides is 1. The molecular weight excluding hydrogens is 617 g/mol. The second-order valence-electron chi connectivity index (χ2n) is 8.83. The van der Waals surface area contributed by atoms with Crippen LogP contribution in [0.4, 0.5) is 79.4 Å². The number of alkyl carbamates (subject to hydrolysis) is 1. The Kier molecular flexibility index (Phi) is 10.4. The Bertz CT molecular complexity index is 909. The summed E-state index contributed by atoms with van der Waals surface area (Å²) in [7, 11) is 0. The van der Waals surface area contributed by atoms with E-state index in [1.807, 2.05) is 0 Å². The van der Waals surface area contributed by atoms with Gasteiger partial charge in [0.15, 0.2) is 0 Å². The van der Waals surface area contributed by atoms with Crippen molar-refractivity contribution in [2.45, 2.75) is 86.8 Å². The monoisotopic (exact) mass is 635 g/mol. The highest BCUT2D eigenvalue weighted by Gasteiger charge is 2.95. The molecule has 22 heteroatoms. The average Bonchev–Trinajstić information content (AvgIpc) is 2.72. The first-order chi connectivity index (χ1) is 17.2. The van der Waals surface area contributed by atoms with E-state index in [-0.39, 0.29) is 0 Å². The molecule has 0 aromatic rings. The Hall–Kier alpha value is -2.45. The molecule has 40 heavy (non-hydrogen) atoms. The summed E-state index contributed by atoms with van der Waals surface area (Å²) in [6.07, 6.45) is -13.4. The number of nitrogens with one attached hydrogen (secondary N) is 1. The van der Waals surface area contributed by atoms with Gasteiger partial charge in [-0.2, -0.15) is 74.6 Å². The molecule has 238 valence electrons. The second-order valence-corrected chi connectivity index (χ2v) is 8.83. The van der Waals surface area contributed by atoms with Gasteiger partial charge in [-0.15, -0.1) is 0 Å². The van der Waals surface area contributed by atoms with Crippen LogP contribution in [0, 0.1) is 0 Å². The lowest BCUT2D eigenvalue weighted by Gasteiger charge is -2.42. The Labute approximate surface area is 212 Å². The standard InChI is InChI=1S/C18H18F17NO4/c1-10(2,3)40-9(38)36-7-8(37)39-6-4-5-11(19,20)12(21,22)13(23,24)14(25,26)15(27,28)16(29,30)17(31,32)18(33,34)35/h4-7H2,1-3H3,(H,36,38). The van der Waals surface area contributed by atoms with E-state index in [2.05, 4.69) is 9.47 Å². The zero-order valence-corrected chi connectivity index (χ0v) is 19.9. The third-order valence-electron chi connectivity index (χ3n) is 4.46. The second kappa shape index (κ2) is 11.1. The maximum absolute atomic E-state index is 13.7. The van der Waals surface area contributed by atoms with Crippen molar-refractivity contribution in [1.82, 2.24) is 5.32 Å². The highest BCUT2D eigenvalue weighted by molar-refractivity contribution is 5.77. The van der Waals surface area contributed by atoms with Gasteiger partial charge in [0, 0.05) is 6.42 Å². The molecule has 1 amide bonds. The normalized spacial score (nSPS) is 15.1. The molecule has 0 rings (SSSR count). The minimum atomic E-state index is -8.70. The van der Waals surface area contributed by atoms with Crippen LogP contribution >= 0.6 is 0 Å². The molecule has 0 aliphatic carbocycles. The van der Waals surface area contributed by atoms with Crippen molar-refractivity contribution in [2.24, 2.45) is 0 Å². The number of esters is 1. The van der Waals surface area contributed by atoms with E-state index in [9.17, 15) is 84.2 Å². The minimum Gasteiger partial charge on any atom is -0.464 e. The molecule has 0 radical (unpaired) electrons. The van der Waals surface area contributed by atoms with E-state index in [1.54, 1.807) is 5.32 Å². The van der Waals surface area contributed by atoms with Gasteiger partial charge < -0.3 is 14.8 Å². The van der Waals surface area contributed by atoms with Crippen LogP contribution in [0.15, 0.2) is 0 Å². The Balaban J connectivity index is 5.68. The first kappa shape index (κ1) is 37.6. The lowest BCUT2D eigenvalue weighted by molar-refractivity contribution is -0.461. The molecule has 0 aromatic heterocycles. The van der Waals surface area contributed by atoms with E-state index in [4.69, 9.17) is 0 Å². The van der Waals surface area contributed by atoms with E-state index in [0.29, 0.717) is 0 Å². The number of rotatable bonds is 12. The lowest BCUT2D eigenvalue weighted by atomic mass is 9.88. The van der Waals surface area contributed by atoms with Crippen molar-refractivity contribution in [3.63, 3.8) is 0 Å². The van der Waals surface area contributed by atoms with Gasteiger partial charge in [0.25, 0.3) is 0 Å². The van der Waals surface area contributed by atoms with E-state index >= 15 is 0 Å². The fourth-order valence-corrected chi connectivity index (χ4v) is 2.34. The third-order valence-corrected chi connectivity index (χ3v) is 4.46. The predicted molar refractivity (Wildman–Crippen MR) is 95.1 cm³/mol. The van der Waals surface area contributed by atoms with Crippen molar-refractivity contribution in [3.05, 3.63) is 0 Å². The fourth-order valence-electron chi connectivity index (χ4n) is 2.34. The van der Waals surface area contributed by atoms with Crippen LogP contribution in [0.1, 0.15) is 33.6 Å². The summed E-state index contributed by atoms with van der Waals surface area (Å²) >= 11 is 0. The SMILES string of the molecule is CC(C)(C)OC(=O)NCC(=O)OCCCC(F)(F)C(F)(F)C(F)(F)C(F)(F)C(F)(F)C(F)(F)C(F)(F)C(F)(F)F. The molecule has 0 aliphatic heterocycles. The summed E-state index contributed by atoms with van der Waals surface area (Å²) in [4.78, 5) is 22.6. The summed E-state index contributed by atoms with van der Waals surface area (Å²) in [6.45, 7) is 1.73. The number of carbonyl (C=O) groups is 2.